The summed E-state index contributed by atoms with van der Waals surface area (Å²) in [5.41, 5.74) is 0.0308. The van der Waals surface area contributed by atoms with E-state index in [0.29, 0.717) is 19.4 Å². The highest BCUT2D eigenvalue weighted by molar-refractivity contribution is 5.96. The van der Waals surface area contributed by atoms with E-state index in [-0.39, 0.29) is 42.3 Å². The predicted octanol–water partition coefficient (Wildman–Crippen LogP) is 2.79. The zero-order valence-corrected chi connectivity index (χ0v) is 14.9. The second kappa shape index (κ2) is 8.31. The predicted molar refractivity (Wildman–Crippen MR) is 86.0 cm³/mol. The van der Waals surface area contributed by atoms with Gasteiger partial charge in [-0.3, -0.25) is 9.59 Å². The Morgan fingerprint density at radius 2 is 1.87 bits per heavy atom. The van der Waals surface area contributed by atoms with Gasteiger partial charge in [-0.25, -0.2) is 4.79 Å². The van der Waals surface area contributed by atoms with Crippen molar-refractivity contribution in [2.75, 3.05) is 20.3 Å². The number of likely N-dealkylation sites (tertiary alicyclic amines) is 1. The van der Waals surface area contributed by atoms with E-state index in [1.54, 1.807) is 11.8 Å². The van der Waals surface area contributed by atoms with E-state index in [4.69, 9.17) is 9.47 Å². The molecule has 132 valence electrons. The molecule has 1 aliphatic rings. The number of methoxy groups -OCH3 is 1. The van der Waals surface area contributed by atoms with Crippen LogP contribution >= 0.6 is 0 Å². The summed E-state index contributed by atoms with van der Waals surface area (Å²) in [5.74, 6) is -0.764. The van der Waals surface area contributed by atoms with E-state index >= 15 is 0 Å². The van der Waals surface area contributed by atoms with Crippen LogP contribution in [0.3, 0.4) is 0 Å². The molecule has 6 nitrogen and oxygen atoms in total. The van der Waals surface area contributed by atoms with E-state index in [0.717, 1.165) is 6.42 Å². The lowest BCUT2D eigenvalue weighted by Gasteiger charge is -2.40. The maximum absolute atomic E-state index is 12.3. The highest BCUT2D eigenvalue weighted by Crippen LogP contribution is 2.33. The molecule has 0 aromatic heterocycles. The van der Waals surface area contributed by atoms with Gasteiger partial charge >= 0.3 is 12.1 Å². The molecule has 0 radical (unpaired) electrons. The summed E-state index contributed by atoms with van der Waals surface area (Å²) in [6.07, 6.45) is 1.39. The molecule has 1 fully saturated rings. The maximum atomic E-state index is 12.3. The number of hydrogen-bond donors (Lipinski definition) is 0. The minimum Gasteiger partial charge on any atom is -0.466 e. The van der Waals surface area contributed by atoms with E-state index in [2.05, 4.69) is 20.8 Å². The largest absolute Gasteiger partial charge is 0.466 e. The molecule has 0 unspecified atom stereocenters. The van der Waals surface area contributed by atoms with Crippen molar-refractivity contribution in [2.45, 2.75) is 59.4 Å². The lowest BCUT2D eigenvalue weighted by Crippen LogP contribution is -2.49. The molecule has 0 N–H and O–H groups in total. The van der Waals surface area contributed by atoms with Crippen LogP contribution in [-0.4, -0.2) is 49.0 Å². The summed E-state index contributed by atoms with van der Waals surface area (Å²) >= 11 is 0. The van der Waals surface area contributed by atoms with Gasteiger partial charge in [0.25, 0.3) is 0 Å². The first-order valence-corrected chi connectivity index (χ1v) is 8.21. The molecule has 23 heavy (non-hydrogen) atoms. The SMILES string of the molecule is CCOC(=O)CC(=O)[C@H]1CCN(C(=O)OC)[C@H](CC(C)(C)C)C1. The first-order valence-electron chi connectivity index (χ1n) is 8.21. The zero-order valence-electron chi connectivity index (χ0n) is 14.9. The van der Waals surface area contributed by atoms with Gasteiger partial charge < -0.3 is 14.4 Å². The van der Waals surface area contributed by atoms with Crippen LogP contribution in [0.4, 0.5) is 4.79 Å². The second-order valence-electron chi connectivity index (χ2n) is 7.25. The number of ketones is 1. The Kier molecular flexibility index (Phi) is 7.03. The minimum absolute atomic E-state index is 0.0308. The first-order chi connectivity index (χ1) is 10.7. The lowest BCUT2D eigenvalue weighted by molar-refractivity contribution is -0.146. The van der Waals surface area contributed by atoms with E-state index in [1.165, 1.54) is 7.11 Å². The molecule has 1 saturated heterocycles. The Morgan fingerprint density at radius 3 is 2.39 bits per heavy atom. The van der Waals surface area contributed by atoms with Gasteiger partial charge in [0.15, 0.2) is 0 Å². The number of amides is 1. The van der Waals surface area contributed by atoms with Crippen LogP contribution in [0.5, 0.6) is 0 Å². The van der Waals surface area contributed by atoms with Crippen LogP contribution in [0.15, 0.2) is 0 Å². The van der Waals surface area contributed by atoms with Crippen molar-refractivity contribution in [3.63, 3.8) is 0 Å². The standard InChI is InChI=1S/C17H29NO5/c1-6-23-15(20)10-14(19)12-7-8-18(16(21)22-5)13(9-12)11-17(2,3)4/h12-13H,6-11H2,1-5H3/t12-,13-/m0/s1. The van der Waals surface area contributed by atoms with Crippen molar-refractivity contribution in [2.24, 2.45) is 11.3 Å². The van der Waals surface area contributed by atoms with Crippen molar-refractivity contribution in [1.29, 1.82) is 0 Å². The average molecular weight is 327 g/mol. The summed E-state index contributed by atoms with van der Waals surface area (Å²) in [4.78, 5) is 37.5. The Balaban J connectivity index is 2.75. The fraction of sp³-hybridized carbons (Fsp3) is 0.824. The molecule has 6 heteroatoms. The van der Waals surface area contributed by atoms with Gasteiger partial charge in [0.1, 0.15) is 12.2 Å². The van der Waals surface area contributed by atoms with Crippen LogP contribution in [0.1, 0.15) is 53.4 Å². The minimum atomic E-state index is -0.472. The number of rotatable bonds is 5. The summed E-state index contributed by atoms with van der Waals surface area (Å²) in [7, 11) is 1.37. The monoisotopic (exact) mass is 327 g/mol. The van der Waals surface area contributed by atoms with Crippen LogP contribution < -0.4 is 0 Å². The van der Waals surface area contributed by atoms with Crippen molar-refractivity contribution < 1.29 is 23.9 Å². The van der Waals surface area contributed by atoms with Gasteiger partial charge in [0.05, 0.1) is 13.7 Å². The first kappa shape index (κ1) is 19.5. The molecular formula is C17H29NO5. The van der Waals surface area contributed by atoms with E-state index in [1.807, 2.05) is 0 Å². The molecule has 1 amide bonds. The number of carbonyl (C=O) groups excluding carboxylic acids is 3. The lowest BCUT2D eigenvalue weighted by atomic mass is 9.79. The van der Waals surface area contributed by atoms with Crippen molar-refractivity contribution in [3.8, 4) is 0 Å². The number of ether oxygens (including phenoxy) is 2. The third-order valence-electron chi connectivity index (χ3n) is 4.05. The fourth-order valence-corrected chi connectivity index (χ4v) is 3.10. The summed E-state index contributed by atoms with van der Waals surface area (Å²) in [5, 5.41) is 0. The molecule has 1 aliphatic heterocycles. The fourth-order valence-electron chi connectivity index (χ4n) is 3.10. The molecule has 0 spiro atoms. The van der Waals surface area contributed by atoms with E-state index in [9.17, 15) is 14.4 Å². The van der Waals surface area contributed by atoms with Gasteiger partial charge in [-0.15, -0.1) is 0 Å². The van der Waals surface area contributed by atoms with Crippen LogP contribution in [0, 0.1) is 11.3 Å². The normalized spacial score (nSPS) is 21.7. The number of piperidine rings is 1. The molecular weight excluding hydrogens is 298 g/mol. The molecule has 2 atom stereocenters. The molecule has 1 rings (SSSR count). The van der Waals surface area contributed by atoms with E-state index < -0.39 is 5.97 Å². The second-order valence-corrected chi connectivity index (χ2v) is 7.25. The zero-order chi connectivity index (χ0) is 17.6. The molecule has 0 saturated carbocycles. The molecule has 0 aromatic rings. The van der Waals surface area contributed by atoms with Gasteiger partial charge in [0, 0.05) is 18.5 Å². The summed E-state index contributed by atoms with van der Waals surface area (Å²) in [6, 6.07) is -0.0488. The quantitative estimate of drug-likeness (QED) is 0.573. The van der Waals surface area contributed by atoms with Crippen molar-refractivity contribution in [1.82, 2.24) is 4.90 Å². The molecule has 0 bridgehead atoms. The third kappa shape index (κ3) is 6.20. The van der Waals surface area contributed by atoms with Gasteiger partial charge in [-0.05, 0) is 31.6 Å². The number of Topliss-reactive ketones (excluding diaryl/α,β-unsaturated/α-hetero) is 1. The Labute approximate surface area is 138 Å². The Hall–Kier alpha value is -1.59. The van der Waals surface area contributed by atoms with Gasteiger partial charge in [-0.2, -0.15) is 0 Å². The third-order valence-corrected chi connectivity index (χ3v) is 4.05. The van der Waals surface area contributed by atoms with Gasteiger partial charge in [-0.1, -0.05) is 20.8 Å². The summed E-state index contributed by atoms with van der Waals surface area (Å²) < 4.78 is 9.70. The maximum Gasteiger partial charge on any atom is 0.409 e. The number of esters is 1. The molecule has 0 aromatic carbocycles. The number of nitrogens with zero attached hydrogens (tertiary/aromatic N) is 1. The van der Waals surface area contributed by atoms with Crippen molar-refractivity contribution >= 4 is 17.8 Å². The average Bonchev–Trinajstić information content (AvgIpc) is 2.44. The summed E-state index contributed by atoms with van der Waals surface area (Å²) in [6.45, 7) is 8.79. The Morgan fingerprint density at radius 1 is 1.22 bits per heavy atom. The van der Waals surface area contributed by atoms with Crippen LogP contribution in [0.25, 0.3) is 0 Å². The topological polar surface area (TPSA) is 72.9 Å². The molecule has 0 aliphatic carbocycles. The van der Waals surface area contributed by atoms with Gasteiger partial charge in [0.2, 0.25) is 0 Å². The van der Waals surface area contributed by atoms with Crippen LogP contribution in [0.2, 0.25) is 0 Å². The van der Waals surface area contributed by atoms with Crippen LogP contribution in [-0.2, 0) is 19.1 Å². The number of hydrogen-bond acceptors (Lipinski definition) is 5. The highest BCUT2D eigenvalue weighted by Gasteiger charge is 2.37. The smallest absolute Gasteiger partial charge is 0.409 e. The molecule has 1 heterocycles. The highest BCUT2D eigenvalue weighted by atomic mass is 16.5. The Bertz CT molecular complexity index is 441. The number of carbonyl (C=O) groups is 3. The van der Waals surface area contributed by atoms with Crippen molar-refractivity contribution in [3.05, 3.63) is 0 Å².